The maximum absolute atomic E-state index is 6.00. The molecule has 0 saturated carbocycles. The highest BCUT2D eigenvalue weighted by Gasteiger charge is 2.09. The summed E-state index contributed by atoms with van der Waals surface area (Å²) in [6.45, 7) is 1.97. The van der Waals surface area contributed by atoms with Crippen molar-refractivity contribution in [2.24, 2.45) is 5.73 Å². The summed E-state index contributed by atoms with van der Waals surface area (Å²) in [5.41, 5.74) is 11.1. The Morgan fingerprint density at radius 1 is 1.17 bits per heavy atom. The largest absolute Gasteiger partial charge is 0.324 e. The Bertz CT molecular complexity index is 1020. The Hall–Kier alpha value is -2.21. The number of nitrogens with two attached hydrogens (primary N) is 1. The van der Waals surface area contributed by atoms with E-state index < -0.39 is 0 Å². The standard InChI is InChI=1S/C18H15ClN4S/c1-11(20)12-5-6-16-15(8-12)22-10-23(16)14-4-2-3-13(7-14)18-21-9-17(19)24-18/h2-11H,20H2,1H3/t11-/m0/s1. The van der Waals surface area contributed by atoms with Crippen LogP contribution in [0.1, 0.15) is 18.5 Å². The summed E-state index contributed by atoms with van der Waals surface area (Å²) in [6.07, 6.45) is 3.51. The first-order chi connectivity index (χ1) is 11.6. The third kappa shape index (κ3) is 2.71. The van der Waals surface area contributed by atoms with E-state index in [2.05, 4.69) is 38.8 Å². The van der Waals surface area contributed by atoms with Crippen molar-refractivity contribution in [1.82, 2.24) is 14.5 Å². The lowest BCUT2D eigenvalue weighted by molar-refractivity contribution is 0.819. The van der Waals surface area contributed by atoms with Gasteiger partial charge in [0.2, 0.25) is 0 Å². The van der Waals surface area contributed by atoms with Crippen LogP contribution < -0.4 is 5.73 Å². The van der Waals surface area contributed by atoms with E-state index in [-0.39, 0.29) is 6.04 Å². The van der Waals surface area contributed by atoms with Gasteiger partial charge in [-0.1, -0.05) is 29.8 Å². The molecule has 2 heterocycles. The molecule has 0 aliphatic rings. The van der Waals surface area contributed by atoms with Crippen LogP contribution in [0, 0.1) is 0 Å². The average molecular weight is 355 g/mol. The highest BCUT2D eigenvalue weighted by atomic mass is 35.5. The molecule has 4 nitrogen and oxygen atoms in total. The fraction of sp³-hybridized carbons (Fsp3) is 0.111. The SMILES string of the molecule is C[C@H](N)c1ccc2c(c1)ncn2-c1cccc(-c2ncc(Cl)s2)c1. The second kappa shape index (κ2) is 6.02. The van der Waals surface area contributed by atoms with Crippen LogP contribution in [-0.2, 0) is 0 Å². The molecule has 0 unspecified atom stereocenters. The van der Waals surface area contributed by atoms with Crippen molar-refractivity contribution in [3.05, 3.63) is 64.9 Å². The second-order valence-corrected chi connectivity index (χ2v) is 7.33. The monoisotopic (exact) mass is 354 g/mol. The Morgan fingerprint density at radius 3 is 2.79 bits per heavy atom. The first-order valence-electron chi connectivity index (χ1n) is 7.56. The quantitative estimate of drug-likeness (QED) is 0.573. The van der Waals surface area contributed by atoms with Gasteiger partial charge in [0, 0.05) is 17.3 Å². The molecule has 0 aliphatic carbocycles. The van der Waals surface area contributed by atoms with Crippen LogP contribution in [0.25, 0.3) is 27.3 Å². The zero-order valence-corrected chi connectivity index (χ0v) is 14.6. The van der Waals surface area contributed by atoms with E-state index in [9.17, 15) is 0 Å². The van der Waals surface area contributed by atoms with Crippen LogP contribution in [0.5, 0.6) is 0 Å². The van der Waals surface area contributed by atoms with Gasteiger partial charge in [-0.25, -0.2) is 9.97 Å². The van der Waals surface area contributed by atoms with Gasteiger partial charge in [-0.2, -0.15) is 0 Å². The first kappa shape index (κ1) is 15.3. The van der Waals surface area contributed by atoms with Gasteiger partial charge in [0.05, 0.1) is 17.2 Å². The molecule has 2 aromatic carbocycles. The molecular weight excluding hydrogens is 340 g/mol. The zero-order valence-electron chi connectivity index (χ0n) is 13.0. The van der Waals surface area contributed by atoms with Gasteiger partial charge in [-0.3, -0.25) is 4.57 Å². The Morgan fingerprint density at radius 2 is 2.04 bits per heavy atom. The van der Waals surface area contributed by atoms with Crippen molar-refractivity contribution in [3.8, 4) is 16.3 Å². The number of hydrogen-bond donors (Lipinski definition) is 1. The number of thiazole rings is 1. The minimum absolute atomic E-state index is 0.00229. The molecule has 0 amide bonds. The molecule has 2 aromatic heterocycles. The summed E-state index contributed by atoms with van der Waals surface area (Å²) < 4.78 is 2.76. The van der Waals surface area contributed by atoms with Crippen LogP contribution in [0.3, 0.4) is 0 Å². The first-order valence-corrected chi connectivity index (χ1v) is 8.76. The number of halogens is 1. The van der Waals surface area contributed by atoms with E-state index in [4.69, 9.17) is 17.3 Å². The molecule has 6 heteroatoms. The zero-order chi connectivity index (χ0) is 16.7. The summed E-state index contributed by atoms with van der Waals surface area (Å²) in [5, 5.41) is 0.908. The minimum Gasteiger partial charge on any atom is -0.324 e. The van der Waals surface area contributed by atoms with Crippen LogP contribution in [0.2, 0.25) is 4.34 Å². The normalized spacial score (nSPS) is 12.6. The summed E-state index contributed by atoms with van der Waals surface area (Å²) in [4.78, 5) is 8.87. The molecule has 4 rings (SSSR count). The summed E-state index contributed by atoms with van der Waals surface area (Å²) in [7, 11) is 0. The highest BCUT2D eigenvalue weighted by Crippen LogP contribution is 2.30. The Labute approximate surface area is 148 Å². The minimum atomic E-state index is -0.00229. The van der Waals surface area contributed by atoms with E-state index in [0.29, 0.717) is 4.34 Å². The lowest BCUT2D eigenvalue weighted by Gasteiger charge is -2.08. The molecule has 1 atom stereocenters. The van der Waals surface area contributed by atoms with E-state index in [1.165, 1.54) is 11.3 Å². The third-order valence-corrected chi connectivity index (χ3v) is 5.11. The average Bonchev–Trinajstić information content (AvgIpc) is 3.20. The van der Waals surface area contributed by atoms with Crippen LogP contribution >= 0.6 is 22.9 Å². The van der Waals surface area contributed by atoms with Crippen molar-refractivity contribution in [3.63, 3.8) is 0 Å². The molecule has 0 radical (unpaired) electrons. The number of hydrogen-bond acceptors (Lipinski definition) is 4. The van der Waals surface area contributed by atoms with Crippen molar-refractivity contribution >= 4 is 34.0 Å². The molecule has 0 aliphatic heterocycles. The smallest absolute Gasteiger partial charge is 0.124 e. The van der Waals surface area contributed by atoms with Gasteiger partial charge in [-0.15, -0.1) is 11.3 Å². The van der Waals surface area contributed by atoms with Crippen LogP contribution in [0.15, 0.2) is 55.0 Å². The molecule has 120 valence electrons. The van der Waals surface area contributed by atoms with Crippen molar-refractivity contribution in [2.75, 3.05) is 0 Å². The predicted octanol–water partition coefficient (Wildman–Crippen LogP) is 4.82. The lowest BCUT2D eigenvalue weighted by Crippen LogP contribution is -2.04. The number of imidazole rings is 1. The molecule has 0 fully saturated rings. The van der Waals surface area contributed by atoms with Crippen molar-refractivity contribution in [1.29, 1.82) is 0 Å². The maximum Gasteiger partial charge on any atom is 0.124 e. The van der Waals surface area contributed by atoms with Gasteiger partial charge in [0.15, 0.2) is 0 Å². The van der Waals surface area contributed by atoms with E-state index >= 15 is 0 Å². The highest BCUT2D eigenvalue weighted by molar-refractivity contribution is 7.18. The number of fused-ring (bicyclic) bond motifs is 1. The van der Waals surface area contributed by atoms with Crippen molar-refractivity contribution in [2.45, 2.75) is 13.0 Å². The fourth-order valence-corrected chi connectivity index (χ4v) is 3.60. The number of aromatic nitrogens is 3. The summed E-state index contributed by atoms with van der Waals surface area (Å²) in [5.74, 6) is 0. The topological polar surface area (TPSA) is 56.7 Å². The number of rotatable bonds is 3. The van der Waals surface area contributed by atoms with Crippen LogP contribution in [-0.4, -0.2) is 14.5 Å². The van der Waals surface area contributed by atoms with E-state index in [1.807, 2.05) is 31.5 Å². The molecule has 4 aromatic rings. The molecule has 0 saturated heterocycles. The number of benzene rings is 2. The molecular formula is C18H15ClN4S. The second-order valence-electron chi connectivity index (χ2n) is 5.67. The van der Waals surface area contributed by atoms with Crippen LogP contribution in [0.4, 0.5) is 0 Å². The molecule has 0 spiro atoms. The predicted molar refractivity (Wildman–Crippen MR) is 99.8 cm³/mol. The summed E-state index contributed by atoms with van der Waals surface area (Å²) in [6, 6.07) is 14.4. The Balaban J connectivity index is 1.80. The molecule has 2 N–H and O–H groups in total. The Kier molecular flexibility index (Phi) is 3.84. The third-order valence-electron chi connectivity index (χ3n) is 3.95. The van der Waals surface area contributed by atoms with E-state index in [0.717, 1.165) is 32.9 Å². The van der Waals surface area contributed by atoms with Crippen molar-refractivity contribution < 1.29 is 0 Å². The maximum atomic E-state index is 6.00. The van der Waals surface area contributed by atoms with Gasteiger partial charge in [-0.05, 0) is 36.8 Å². The molecule has 24 heavy (non-hydrogen) atoms. The van der Waals surface area contributed by atoms with Gasteiger partial charge >= 0.3 is 0 Å². The van der Waals surface area contributed by atoms with Gasteiger partial charge in [0.1, 0.15) is 15.7 Å². The fourth-order valence-electron chi connectivity index (χ4n) is 2.70. The number of nitrogens with zero attached hydrogens (tertiary/aromatic N) is 3. The lowest BCUT2D eigenvalue weighted by atomic mass is 10.1. The van der Waals surface area contributed by atoms with Gasteiger partial charge in [0.25, 0.3) is 0 Å². The van der Waals surface area contributed by atoms with Gasteiger partial charge < -0.3 is 5.73 Å². The summed E-state index contributed by atoms with van der Waals surface area (Å²) >= 11 is 7.47. The van der Waals surface area contributed by atoms with E-state index in [1.54, 1.807) is 6.20 Å². The molecule has 0 bridgehead atoms.